The van der Waals surface area contributed by atoms with E-state index < -0.39 is 11.4 Å². The molecule has 0 aliphatic heterocycles. The number of hydrogen-bond acceptors (Lipinski definition) is 2. The monoisotopic (exact) mass is 288 g/mol. The molecule has 21 heavy (non-hydrogen) atoms. The first-order chi connectivity index (χ1) is 10.0. The van der Waals surface area contributed by atoms with E-state index in [0.29, 0.717) is 24.4 Å². The normalized spacial score (nSPS) is 20.4. The Bertz CT molecular complexity index is 559. The Morgan fingerprint density at radius 1 is 1.24 bits per heavy atom. The lowest BCUT2D eigenvalue weighted by molar-refractivity contribution is -0.140. The van der Waals surface area contributed by atoms with Gasteiger partial charge in [0.25, 0.3) is 0 Å². The molecule has 0 aromatic heterocycles. The largest absolute Gasteiger partial charge is 0.481 e. The van der Waals surface area contributed by atoms with Gasteiger partial charge in [0.2, 0.25) is 0 Å². The third-order valence-corrected chi connectivity index (χ3v) is 4.54. The van der Waals surface area contributed by atoms with Gasteiger partial charge in [0, 0.05) is 11.7 Å². The van der Waals surface area contributed by atoms with E-state index in [2.05, 4.69) is 10.6 Å². The van der Waals surface area contributed by atoms with Crippen LogP contribution in [0.15, 0.2) is 24.3 Å². The number of hydrogen-bond donors (Lipinski definition) is 3. The summed E-state index contributed by atoms with van der Waals surface area (Å²) in [7, 11) is 0. The second kappa shape index (κ2) is 5.06. The molecule has 1 aromatic carbocycles. The predicted molar refractivity (Wildman–Crippen MR) is 79.3 cm³/mol. The highest BCUT2D eigenvalue weighted by Crippen LogP contribution is 2.48. The van der Waals surface area contributed by atoms with Gasteiger partial charge in [-0.05, 0) is 56.2 Å². The first-order valence-electron chi connectivity index (χ1n) is 7.43. The molecule has 1 aromatic rings. The van der Waals surface area contributed by atoms with Crippen LogP contribution < -0.4 is 10.6 Å². The third kappa shape index (κ3) is 2.86. The van der Waals surface area contributed by atoms with Crippen LogP contribution in [-0.2, 0) is 10.2 Å². The summed E-state index contributed by atoms with van der Waals surface area (Å²) in [5, 5.41) is 15.0. The Morgan fingerprint density at radius 3 is 2.33 bits per heavy atom. The van der Waals surface area contributed by atoms with E-state index in [0.717, 1.165) is 5.56 Å². The number of carboxylic acids is 1. The standard InChI is InChI=1S/C16H20N2O3/c1-10(11-2-3-11)17-15(21)18-13-6-4-12(5-7-13)16(8-9-16)14(19)20/h4-7,10-11H,2-3,8-9H2,1H3,(H,19,20)(H2,17,18,21). The number of amides is 2. The van der Waals surface area contributed by atoms with Gasteiger partial charge in [0.1, 0.15) is 0 Å². The Labute approximate surface area is 123 Å². The molecular weight excluding hydrogens is 268 g/mol. The number of aliphatic carboxylic acids is 1. The van der Waals surface area contributed by atoms with Gasteiger partial charge in [-0.2, -0.15) is 0 Å². The van der Waals surface area contributed by atoms with Gasteiger partial charge in [-0.1, -0.05) is 12.1 Å². The smallest absolute Gasteiger partial charge is 0.319 e. The molecule has 1 unspecified atom stereocenters. The maximum Gasteiger partial charge on any atom is 0.319 e. The lowest BCUT2D eigenvalue weighted by Gasteiger charge is -2.14. The van der Waals surface area contributed by atoms with Crippen molar-refractivity contribution in [1.82, 2.24) is 5.32 Å². The van der Waals surface area contributed by atoms with E-state index in [9.17, 15) is 14.7 Å². The van der Waals surface area contributed by atoms with Crippen molar-refractivity contribution in [2.75, 3.05) is 5.32 Å². The van der Waals surface area contributed by atoms with Crippen molar-refractivity contribution in [3.63, 3.8) is 0 Å². The Morgan fingerprint density at radius 2 is 1.86 bits per heavy atom. The summed E-state index contributed by atoms with van der Waals surface area (Å²) in [6.45, 7) is 2.02. The highest BCUT2D eigenvalue weighted by molar-refractivity contribution is 5.90. The van der Waals surface area contributed by atoms with Crippen molar-refractivity contribution in [3.05, 3.63) is 29.8 Å². The van der Waals surface area contributed by atoms with E-state index in [-0.39, 0.29) is 12.1 Å². The maximum absolute atomic E-state index is 11.8. The van der Waals surface area contributed by atoms with Crippen LogP contribution in [0.2, 0.25) is 0 Å². The number of benzene rings is 1. The summed E-state index contributed by atoms with van der Waals surface area (Å²) in [5.74, 6) is -0.150. The molecule has 112 valence electrons. The van der Waals surface area contributed by atoms with Crippen molar-refractivity contribution < 1.29 is 14.7 Å². The zero-order valence-corrected chi connectivity index (χ0v) is 12.1. The quantitative estimate of drug-likeness (QED) is 0.779. The Hall–Kier alpha value is -2.04. The summed E-state index contributed by atoms with van der Waals surface area (Å²) in [6.07, 6.45) is 3.75. The molecule has 2 saturated carbocycles. The molecule has 2 aliphatic rings. The van der Waals surface area contributed by atoms with Gasteiger partial charge in [0.15, 0.2) is 0 Å². The molecule has 0 heterocycles. The molecule has 2 fully saturated rings. The number of carbonyl (C=O) groups is 2. The fourth-order valence-electron chi connectivity index (χ4n) is 2.71. The number of rotatable bonds is 5. The summed E-state index contributed by atoms with van der Waals surface area (Å²) < 4.78 is 0. The van der Waals surface area contributed by atoms with Crippen LogP contribution in [0.5, 0.6) is 0 Å². The van der Waals surface area contributed by atoms with E-state index in [4.69, 9.17) is 0 Å². The van der Waals surface area contributed by atoms with Crippen molar-refractivity contribution in [2.45, 2.75) is 44.1 Å². The van der Waals surface area contributed by atoms with Gasteiger partial charge in [-0.3, -0.25) is 4.79 Å². The van der Waals surface area contributed by atoms with Crippen LogP contribution in [0.3, 0.4) is 0 Å². The average molecular weight is 288 g/mol. The second-order valence-electron chi connectivity index (χ2n) is 6.19. The Balaban J connectivity index is 1.59. The van der Waals surface area contributed by atoms with Crippen LogP contribution in [0.4, 0.5) is 10.5 Å². The molecule has 2 amide bonds. The average Bonchev–Trinajstić information content (AvgIpc) is 3.31. The van der Waals surface area contributed by atoms with E-state index in [1.54, 1.807) is 24.3 Å². The topological polar surface area (TPSA) is 78.4 Å². The number of nitrogens with one attached hydrogen (secondary N) is 2. The fraction of sp³-hybridized carbons (Fsp3) is 0.500. The molecule has 0 saturated heterocycles. The number of urea groups is 1. The predicted octanol–water partition coefficient (Wildman–Crippen LogP) is 2.72. The highest BCUT2D eigenvalue weighted by atomic mass is 16.4. The number of carbonyl (C=O) groups excluding carboxylic acids is 1. The molecule has 3 N–H and O–H groups in total. The van der Waals surface area contributed by atoms with Crippen molar-refractivity contribution >= 4 is 17.7 Å². The molecule has 3 rings (SSSR count). The zero-order chi connectivity index (χ0) is 15.0. The zero-order valence-electron chi connectivity index (χ0n) is 12.1. The first kappa shape index (κ1) is 13.9. The third-order valence-electron chi connectivity index (χ3n) is 4.54. The molecule has 0 radical (unpaired) electrons. The fourth-order valence-corrected chi connectivity index (χ4v) is 2.71. The van der Waals surface area contributed by atoms with Crippen LogP contribution in [0.1, 0.15) is 38.2 Å². The summed E-state index contributed by atoms with van der Waals surface area (Å²) in [4.78, 5) is 23.1. The lowest BCUT2D eigenvalue weighted by Crippen LogP contribution is -2.37. The van der Waals surface area contributed by atoms with E-state index in [1.807, 2.05) is 6.92 Å². The van der Waals surface area contributed by atoms with Crippen molar-refractivity contribution in [1.29, 1.82) is 0 Å². The van der Waals surface area contributed by atoms with E-state index >= 15 is 0 Å². The molecule has 0 bridgehead atoms. The van der Waals surface area contributed by atoms with Crippen LogP contribution >= 0.6 is 0 Å². The molecule has 2 aliphatic carbocycles. The molecule has 1 atom stereocenters. The number of carboxylic acid groups (broad SMARTS) is 1. The van der Waals surface area contributed by atoms with Crippen LogP contribution in [0.25, 0.3) is 0 Å². The molecule has 5 heteroatoms. The summed E-state index contributed by atoms with van der Waals surface area (Å²) >= 11 is 0. The minimum Gasteiger partial charge on any atom is -0.481 e. The van der Waals surface area contributed by atoms with Gasteiger partial charge < -0.3 is 15.7 Å². The SMILES string of the molecule is CC(NC(=O)Nc1ccc(C2(C(=O)O)CC2)cc1)C1CC1. The second-order valence-corrected chi connectivity index (χ2v) is 6.19. The maximum atomic E-state index is 11.8. The molecule has 0 spiro atoms. The van der Waals surface area contributed by atoms with Gasteiger partial charge in [0.05, 0.1) is 5.41 Å². The number of anilines is 1. The highest BCUT2D eigenvalue weighted by Gasteiger charge is 2.51. The molecule has 5 nitrogen and oxygen atoms in total. The summed E-state index contributed by atoms with van der Waals surface area (Å²) in [6, 6.07) is 7.11. The van der Waals surface area contributed by atoms with Crippen molar-refractivity contribution in [2.24, 2.45) is 5.92 Å². The van der Waals surface area contributed by atoms with Gasteiger partial charge in [-0.15, -0.1) is 0 Å². The van der Waals surface area contributed by atoms with Crippen LogP contribution in [-0.4, -0.2) is 23.1 Å². The van der Waals surface area contributed by atoms with Gasteiger partial charge in [-0.25, -0.2) is 4.79 Å². The Kier molecular flexibility index (Phi) is 3.35. The van der Waals surface area contributed by atoms with Crippen molar-refractivity contribution in [3.8, 4) is 0 Å². The van der Waals surface area contributed by atoms with Crippen LogP contribution in [0, 0.1) is 5.92 Å². The minimum atomic E-state index is -0.765. The molecular formula is C16H20N2O3. The minimum absolute atomic E-state index is 0.200. The van der Waals surface area contributed by atoms with Gasteiger partial charge >= 0.3 is 12.0 Å². The first-order valence-corrected chi connectivity index (χ1v) is 7.43. The summed E-state index contributed by atoms with van der Waals surface area (Å²) in [5.41, 5.74) is 0.800. The lowest BCUT2D eigenvalue weighted by atomic mass is 9.96. The van der Waals surface area contributed by atoms with E-state index in [1.165, 1.54) is 12.8 Å².